The van der Waals surface area contributed by atoms with Crippen LogP contribution in [0.4, 0.5) is 0 Å². The van der Waals surface area contributed by atoms with Crippen molar-refractivity contribution in [2.45, 2.75) is 13.1 Å². The zero-order valence-electron chi connectivity index (χ0n) is 13.8. The molecule has 0 atom stereocenters. The van der Waals surface area contributed by atoms with Crippen LogP contribution >= 0.6 is 15.9 Å². The molecule has 0 fully saturated rings. The first-order valence-electron chi connectivity index (χ1n) is 7.76. The summed E-state index contributed by atoms with van der Waals surface area (Å²) in [5.74, 6) is 1.62. The lowest BCUT2D eigenvalue weighted by Gasteiger charge is -2.15. The van der Waals surface area contributed by atoms with Gasteiger partial charge in [0.2, 0.25) is 0 Å². The smallest absolute Gasteiger partial charge is 0.141 e. The van der Waals surface area contributed by atoms with Gasteiger partial charge < -0.3 is 9.72 Å². The second-order valence-electron chi connectivity index (χ2n) is 5.76. The van der Waals surface area contributed by atoms with Crippen molar-refractivity contribution < 1.29 is 4.74 Å². The Morgan fingerprint density at radius 2 is 1.92 bits per heavy atom. The molecule has 0 saturated heterocycles. The fraction of sp³-hybridized carbons (Fsp3) is 0.211. The van der Waals surface area contributed by atoms with E-state index in [0.29, 0.717) is 0 Å². The molecule has 1 N–H and O–H groups in total. The molecular formula is C19H20BrN3O. The normalized spacial score (nSPS) is 11.0. The van der Waals surface area contributed by atoms with Gasteiger partial charge in [0.15, 0.2) is 0 Å². The molecule has 0 amide bonds. The van der Waals surface area contributed by atoms with Crippen molar-refractivity contribution in [1.29, 1.82) is 0 Å². The van der Waals surface area contributed by atoms with Crippen LogP contribution in [0.1, 0.15) is 11.3 Å². The highest BCUT2D eigenvalue weighted by Gasteiger charge is 2.11. The standard InChI is InChI=1S/C19H20BrN3O/c1-23(12-14-6-4-3-5-7-14)13-16-11-21-19(22-16)17-10-15(20)8-9-18(17)24-2/h3-11H,12-13H2,1-2H3,(H,21,22). The Balaban J connectivity index is 1.73. The van der Waals surface area contributed by atoms with Crippen LogP contribution in [0.5, 0.6) is 5.75 Å². The molecule has 3 rings (SSSR count). The maximum Gasteiger partial charge on any atom is 0.141 e. The topological polar surface area (TPSA) is 41.1 Å². The minimum Gasteiger partial charge on any atom is -0.496 e. The highest BCUT2D eigenvalue weighted by atomic mass is 79.9. The Kier molecular flexibility index (Phi) is 5.33. The van der Waals surface area contributed by atoms with E-state index in [1.54, 1.807) is 7.11 Å². The second-order valence-corrected chi connectivity index (χ2v) is 6.68. The summed E-state index contributed by atoms with van der Waals surface area (Å²) in [5.41, 5.74) is 3.32. The number of nitrogens with one attached hydrogen (secondary N) is 1. The van der Waals surface area contributed by atoms with Crippen LogP contribution in [-0.4, -0.2) is 29.0 Å². The van der Waals surface area contributed by atoms with Crippen LogP contribution in [0.2, 0.25) is 0 Å². The molecule has 0 aliphatic rings. The van der Waals surface area contributed by atoms with Gasteiger partial charge >= 0.3 is 0 Å². The first-order chi connectivity index (χ1) is 11.7. The van der Waals surface area contributed by atoms with E-state index in [-0.39, 0.29) is 0 Å². The lowest BCUT2D eigenvalue weighted by Crippen LogP contribution is -2.17. The van der Waals surface area contributed by atoms with Gasteiger partial charge in [-0.2, -0.15) is 0 Å². The molecule has 24 heavy (non-hydrogen) atoms. The number of imidazole rings is 1. The predicted molar refractivity (Wildman–Crippen MR) is 99.9 cm³/mol. The predicted octanol–water partition coefficient (Wildman–Crippen LogP) is 4.48. The Morgan fingerprint density at radius 3 is 2.67 bits per heavy atom. The van der Waals surface area contributed by atoms with Crippen LogP contribution in [0, 0.1) is 0 Å². The number of ether oxygens (including phenoxy) is 1. The van der Waals surface area contributed by atoms with Crippen molar-refractivity contribution in [2.75, 3.05) is 14.2 Å². The zero-order valence-corrected chi connectivity index (χ0v) is 15.4. The maximum atomic E-state index is 5.43. The molecule has 0 spiro atoms. The zero-order chi connectivity index (χ0) is 16.9. The number of halogens is 1. The van der Waals surface area contributed by atoms with Crippen molar-refractivity contribution in [3.05, 3.63) is 70.5 Å². The van der Waals surface area contributed by atoms with E-state index in [0.717, 1.165) is 40.4 Å². The molecule has 0 aliphatic heterocycles. The van der Waals surface area contributed by atoms with E-state index in [1.807, 2.05) is 30.5 Å². The molecule has 0 bridgehead atoms. The summed E-state index contributed by atoms with van der Waals surface area (Å²) >= 11 is 3.50. The molecule has 0 unspecified atom stereocenters. The molecule has 0 saturated carbocycles. The maximum absolute atomic E-state index is 5.43. The summed E-state index contributed by atoms with van der Waals surface area (Å²) in [6.07, 6.45) is 1.89. The van der Waals surface area contributed by atoms with Gasteiger partial charge in [-0.3, -0.25) is 4.90 Å². The summed E-state index contributed by atoms with van der Waals surface area (Å²) in [4.78, 5) is 10.2. The first kappa shape index (κ1) is 16.7. The fourth-order valence-electron chi connectivity index (χ4n) is 2.68. The second kappa shape index (κ2) is 7.64. The van der Waals surface area contributed by atoms with Gasteiger partial charge in [-0.15, -0.1) is 0 Å². The molecule has 124 valence electrons. The van der Waals surface area contributed by atoms with Crippen molar-refractivity contribution >= 4 is 15.9 Å². The monoisotopic (exact) mass is 385 g/mol. The van der Waals surface area contributed by atoms with Crippen molar-refractivity contribution in [3.63, 3.8) is 0 Å². The molecule has 2 aromatic carbocycles. The Morgan fingerprint density at radius 1 is 1.12 bits per heavy atom. The quantitative estimate of drug-likeness (QED) is 0.679. The van der Waals surface area contributed by atoms with Gasteiger partial charge in [0.05, 0.1) is 12.7 Å². The summed E-state index contributed by atoms with van der Waals surface area (Å²) in [7, 11) is 3.78. The summed E-state index contributed by atoms with van der Waals surface area (Å²) in [6, 6.07) is 16.4. The third-order valence-corrected chi connectivity index (χ3v) is 4.27. The molecule has 4 nitrogen and oxygen atoms in total. The van der Waals surface area contributed by atoms with E-state index in [1.165, 1.54) is 5.56 Å². The Labute approximate surface area is 150 Å². The number of H-pyrrole nitrogens is 1. The molecule has 1 aromatic heterocycles. The lowest BCUT2D eigenvalue weighted by atomic mass is 10.2. The highest BCUT2D eigenvalue weighted by Crippen LogP contribution is 2.30. The van der Waals surface area contributed by atoms with Crippen molar-refractivity contribution in [3.8, 4) is 17.1 Å². The molecule has 0 radical (unpaired) electrons. The SMILES string of the molecule is COc1ccc(Br)cc1-c1ncc(CN(C)Cc2ccccc2)[nH]1. The number of hydrogen-bond donors (Lipinski definition) is 1. The van der Waals surface area contributed by atoms with Crippen LogP contribution < -0.4 is 4.74 Å². The summed E-state index contributed by atoms with van der Waals surface area (Å²) in [5, 5.41) is 0. The van der Waals surface area contributed by atoms with E-state index >= 15 is 0 Å². The third-order valence-electron chi connectivity index (χ3n) is 3.78. The van der Waals surface area contributed by atoms with Crippen LogP contribution in [0.25, 0.3) is 11.4 Å². The van der Waals surface area contributed by atoms with Gasteiger partial charge in [0.25, 0.3) is 0 Å². The average Bonchev–Trinajstić information content (AvgIpc) is 3.04. The number of aromatic nitrogens is 2. The van der Waals surface area contributed by atoms with Crippen molar-refractivity contribution in [2.24, 2.45) is 0 Å². The third kappa shape index (κ3) is 4.04. The number of hydrogen-bond acceptors (Lipinski definition) is 3. The largest absolute Gasteiger partial charge is 0.496 e. The Hall–Kier alpha value is -2.11. The van der Waals surface area contributed by atoms with Crippen molar-refractivity contribution in [1.82, 2.24) is 14.9 Å². The number of nitrogens with zero attached hydrogens (tertiary/aromatic N) is 2. The highest BCUT2D eigenvalue weighted by molar-refractivity contribution is 9.10. The lowest BCUT2D eigenvalue weighted by molar-refractivity contribution is 0.315. The van der Waals surface area contributed by atoms with Crippen LogP contribution in [-0.2, 0) is 13.1 Å². The number of benzene rings is 2. The number of rotatable bonds is 6. The van der Waals surface area contributed by atoms with Gasteiger partial charge in [-0.05, 0) is 30.8 Å². The molecular weight excluding hydrogens is 366 g/mol. The van der Waals surface area contributed by atoms with Gasteiger partial charge in [0.1, 0.15) is 11.6 Å². The average molecular weight is 386 g/mol. The number of aromatic amines is 1. The van der Waals surface area contributed by atoms with Crippen LogP contribution in [0.15, 0.2) is 59.2 Å². The molecule has 5 heteroatoms. The Bertz CT molecular complexity index is 801. The minimum atomic E-state index is 0.803. The molecule has 3 aromatic rings. The minimum absolute atomic E-state index is 0.803. The van der Waals surface area contributed by atoms with Gasteiger partial charge in [-0.1, -0.05) is 46.3 Å². The van der Waals surface area contributed by atoms with E-state index in [4.69, 9.17) is 4.74 Å². The first-order valence-corrected chi connectivity index (χ1v) is 8.55. The van der Waals surface area contributed by atoms with Crippen LogP contribution in [0.3, 0.4) is 0 Å². The molecule has 0 aliphatic carbocycles. The van der Waals surface area contributed by atoms with Gasteiger partial charge in [-0.25, -0.2) is 4.98 Å². The van der Waals surface area contributed by atoms with Gasteiger partial charge in [0, 0.05) is 29.5 Å². The van der Waals surface area contributed by atoms with E-state index in [2.05, 4.69) is 62.1 Å². The van der Waals surface area contributed by atoms with E-state index in [9.17, 15) is 0 Å². The van der Waals surface area contributed by atoms with E-state index < -0.39 is 0 Å². The number of methoxy groups -OCH3 is 1. The summed E-state index contributed by atoms with van der Waals surface area (Å²) in [6.45, 7) is 1.70. The fourth-order valence-corrected chi connectivity index (χ4v) is 3.04. The molecule has 1 heterocycles. The summed E-state index contributed by atoms with van der Waals surface area (Å²) < 4.78 is 6.43.